The predicted molar refractivity (Wildman–Crippen MR) is 454 cm³/mol. The first-order valence-corrected chi connectivity index (χ1v) is 45.1. The van der Waals surface area contributed by atoms with Crippen molar-refractivity contribution in [1.82, 2.24) is 0 Å². The summed E-state index contributed by atoms with van der Waals surface area (Å²) in [4.78, 5) is 58.9. The summed E-state index contributed by atoms with van der Waals surface area (Å²) in [5.74, 6) is -1.61. The maximum absolute atomic E-state index is 13.1. The normalized spacial score (nSPS) is 14.8. The van der Waals surface area contributed by atoms with E-state index in [1.54, 1.807) is 0 Å². The maximum Gasteiger partial charge on any atom is 0.472 e. The molecule has 0 spiro atoms. The highest BCUT2D eigenvalue weighted by Gasteiger charge is 2.29. The molecule has 16 nitrogen and oxygen atoms in total. The molecule has 0 amide bonds. The smallest absolute Gasteiger partial charge is 0.463 e. The predicted octanol–water partition coefficient (Wildman–Crippen LogP) is 25.3. The van der Waals surface area contributed by atoms with Crippen molar-refractivity contribution < 1.29 is 75.8 Å². The number of ether oxygens (including phenoxy) is 3. The molecule has 0 heterocycles. The molecule has 0 saturated carbocycles. The number of esters is 3. The Bertz CT molecular complexity index is 2710. The fourth-order valence-corrected chi connectivity index (χ4v) is 12.3. The number of hydrogen-bond acceptors (Lipinski definition) is 14. The second-order valence-corrected chi connectivity index (χ2v) is 30.4. The summed E-state index contributed by atoms with van der Waals surface area (Å²) in [7, 11) is -9.82. The molecule has 0 aliphatic heterocycles. The van der Waals surface area contributed by atoms with E-state index in [4.69, 9.17) is 32.3 Å². The van der Waals surface area contributed by atoms with Crippen molar-refractivity contribution in [2.75, 3.05) is 39.6 Å². The summed E-state index contributed by atoms with van der Waals surface area (Å²) in [5.41, 5.74) is 0. The van der Waals surface area contributed by atoms with E-state index in [-0.39, 0.29) is 19.3 Å². The topological polar surface area (TPSA) is 231 Å². The Morgan fingerprint density at radius 3 is 0.771 bits per heavy atom. The van der Waals surface area contributed by atoms with Crippen LogP contribution < -0.4 is 0 Å². The van der Waals surface area contributed by atoms with Crippen LogP contribution in [0.15, 0.2) is 182 Å². The fourth-order valence-electron chi connectivity index (χ4n) is 10.8. The van der Waals surface area contributed by atoms with Gasteiger partial charge in [-0.3, -0.25) is 32.5 Å². The van der Waals surface area contributed by atoms with Crippen LogP contribution in [0.5, 0.6) is 0 Å². The van der Waals surface area contributed by atoms with Crippen molar-refractivity contribution >= 4 is 33.6 Å². The third-order valence-electron chi connectivity index (χ3n) is 17.1. The fraction of sp³-hybridized carbons (Fsp3) is 0.637. The van der Waals surface area contributed by atoms with E-state index in [9.17, 15) is 43.5 Å². The molecule has 0 saturated heterocycles. The molecule has 0 radical (unpaired) electrons. The van der Waals surface area contributed by atoms with Gasteiger partial charge in [0.1, 0.15) is 25.4 Å². The SMILES string of the molecule is CC/C=C\C/C=C\C/C=C\C/C=C\C/C=C\C/C=C\CCCCCCCCC(=O)OCC(O)COP(=O)(O)OCC(O)COP(=O)(O)OCC(COC(=O)CCCCCCCCCCC/C=C\C/C=C\C/C=C\C/C=C\CCCCC)OC(=O)CCCCCCCCC/C=C\C/C=C\C/C=C\C/C=C\C/C=C\CC. The number of rotatable bonds is 78. The second-order valence-electron chi connectivity index (χ2n) is 27.5. The third-order valence-corrected chi connectivity index (χ3v) is 19.0. The summed E-state index contributed by atoms with van der Waals surface area (Å²) in [6, 6.07) is 0. The molecule has 4 N–H and O–H groups in total. The number of aliphatic hydroxyl groups is 2. The van der Waals surface area contributed by atoms with Crippen molar-refractivity contribution in [2.45, 2.75) is 334 Å². The molecular formula is C91H150O16P2. The average molecular weight is 1560 g/mol. The quantitative estimate of drug-likeness (QED) is 0.0146. The van der Waals surface area contributed by atoms with E-state index < -0.39 is 91.5 Å². The first kappa shape index (κ1) is 104. The lowest BCUT2D eigenvalue weighted by Gasteiger charge is -2.21. The Morgan fingerprint density at radius 1 is 0.266 bits per heavy atom. The largest absolute Gasteiger partial charge is 0.472 e. The highest BCUT2D eigenvalue weighted by molar-refractivity contribution is 7.47. The summed E-state index contributed by atoms with van der Waals surface area (Å²) >= 11 is 0. The molecule has 0 aromatic rings. The Balaban J connectivity index is 4.74. The lowest BCUT2D eigenvalue weighted by molar-refractivity contribution is -0.161. The van der Waals surface area contributed by atoms with Gasteiger partial charge in [-0.2, -0.15) is 0 Å². The Labute approximate surface area is 662 Å². The van der Waals surface area contributed by atoms with Gasteiger partial charge in [0.25, 0.3) is 0 Å². The molecule has 5 atom stereocenters. The molecule has 0 aromatic carbocycles. The van der Waals surface area contributed by atoms with Crippen molar-refractivity contribution in [1.29, 1.82) is 0 Å². The monoisotopic (exact) mass is 1560 g/mol. The minimum atomic E-state index is -4.95. The van der Waals surface area contributed by atoms with Gasteiger partial charge in [0.15, 0.2) is 6.10 Å². The van der Waals surface area contributed by atoms with Gasteiger partial charge in [-0.25, -0.2) is 9.13 Å². The van der Waals surface area contributed by atoms with Crippen molar-refractivity contribution in [3.8, 4) is 0 Å². The van der Waals surface area contributed by atoms with Gasteiger partial charge in [-0.1, -0.05) is 319 Å². The standard InChI is InChI=1S/C91H150O16P2/c1-4-7-10-13-16-19-22-25-28-31-34-37-40-42-45-47-50-53-56-59-62-65-68-71-74-77-89(94)101-80-86(92)81-103-108(97,98)104-82-87(93)83-105-109(99,100)106-85-88(107-91(96)79-76-73-70-67-64-61-58-55-52-49-44-39-36-33-30-27-24-21-18-15-12-9-6-3)84-102-90(95)78-75-72-69-66-63-60-57-54-51-48-46-43-41-38-35-32-29-26-23-20-17-14-11-8-5-2/h7,9-10,12,16-21,25-30,34-39,42-43,45-46,49-50,52-53,86-88,92-93H,4-6,8,11,13-15,22-24,31-33,40-41,44,47-48,51,54-85H2,1-3H3,(H,97,98)(H,99,100)/b10-7-,12-9-,19-16-,20-17-,21-18-,28-25-,29-26-,30-27-,37-34-,38-35-,39-36-,45-42-,46-43-,52-49-,53-50-. The first-order valence-electron chi connectivity index (χ1n) is 42.1. The van der Waals surface area contributed by atoms with E-state index in [1.807, 2.05) is 0 Å². The van der Waals surface area contributed by atoms with Crippen LogP contribution in [0.1, 0.15) is 316 Å². The van der Waals surface area contributed by atoms with Gasteiger partial charge < -0.3 is 34.2 Å². The zero-order chi connectivity index (χ0) is 79.4. The minimum absolute atomic E-state index is 0.0831. The Kier molecular flexibility index (Phi) is 78.1. The third kappa shape index (κ3) is 83.4. The lowest BCUT2D eigenvalue weighted by atomic mass is 10.1. The lowest BCUT2D eigenvalue weighted by Crippen LogP contribution is -2.30. The molecule has 0 rings (SSSR count). The molecule has 0 aromatic heterocycles. The van der Waals surface area contributed by atoms with Crippen LogP contribution in [0.2, 0.25) is 0 Å². The van der Waals surface area contributed by atoms with Gasteiger partial charge in [0, 0.05) is 19.3 Å². The number of aliphatic hydroxyl groups excluding tert-OH is 2. The zero-order valence-corrected chi connectivity index (χ0v) is 69.7. The van der Waals surface area contributed by atoms with E-state index in [0.29, 0.717) is 19.3 Å². The van der Waals surface area contributed by atoms with Crippen LogP contribution >= 0.6 is 15.6 Å². The van der Waals surface area contributed by atoms with E-state index in [0.717, 1.165) is 205 Å². The number of allylic oxidation sites excluding steroid dienone is 30. The molecule has 18 heteroatoms. The molecule has 0 aliphatic carbocycles. The number of unbranched alkanes of at least 4 members (excludes halogenated alkanes) is 25. The van der Waals surface area contributed by atoms with Crippen molar-refractivity contribution in [3.63, 3.8) is 0 Å². The number of phosphoric acid groups is 2. The molecule has 109 heavy (non-hydrogen) atoms. The number of carbonyl (C=O) groups excluding carboxylic acids is 3. The number of carbonyl (C=O) groups is 3. The zero-order valence-electron chi connectivity index (χ0n) is 67.9. The van der Waals surface area contributed by atoms with Crippen LogP contribution in [0.3, 0.4) is 0 Å². The van der Waals surface area contributed by atoms with Gasteiger partial charge in [-0.15, -0.1) is 0 Å². The molecule has 0 bridgehead atoms. The summed E-state index contributed by atoms with van der Waals surface area (Å²) in [6.07, 6.45) is 106. The summed E-state index contributed by atoms with van der Waals surface area (Å²) < 4.78 is 61.3. The van der Waals surface area contributed by atoms with E-state index in [1.165, 1.54) is 51.4 Å². The van der Waals surface area contributed by atoms with E-state index >= 15 is 0 Å². The summed E-state index contributed by atoms with van der Waals surface area (Å²) in [5, 5.41) is 20.7. The number of phosphoric ester groups is 2. The Hall–Kier alpha value is -5.35. The molecule has 5 unspecified atom stereocenters. The highest BCUT2D eigenvalue weighted by atomic mass is 31.2. The average Bonchev–Trinajstić information content (AvgIpc) is 0.903. The minimum Gasteiger partial charge on any atom is -0.463 e. The van der Waals surface area contributed by atoms with Crippen LogP contribution in [0.25, 0.3) is 0 Å². The molecule has 0 aliphatic rings. The molecular weight excluding hydrogens is 1410 g/mol. The second kappa shape index (κ2) is 82.1. The molecule has 0 fully saturated rings. The van der Waals surface area contributed by atoms with Gasteiger partial charge in [0.2, 0.25) is 0 Å². The van der Waals surface area contributed by atoms with Crippen LogP contribution in [0.4, 0.5) is 0 Å². The maximum atomic E-state index is 13.1. The van der Waals surface area contributed by atoms with Crippen molar-refractivity contribution in [3.05, 3.63) is 182 Å². The van der Waals surface area contributed by atoms with Crippen LogP contribution in [-0.2, 0) is 55.8 Å². The van der Waals surface area contributed by atoms with Gasteiger partial charge in [-0.05, 0) is 161 Å². The van der Waals surface area contributed by atoms with Gasteiger partial charge >= 0.3 is 33.6 Å². The van der Waals surface area contributed by atoms with Crippen LogP contribution in [-0.4, -0.2) is 95.9 Å². The number of hydrogen-bond donors (Lipinski definition) is 4. The van der Waals surface area contributed by atoms with Crippen molar-refractivity contribution in [2.24, 2.45) is 0 Å². The first-order chi connectivity index (χ1) is 53.2. The highest BCUT2D eigenvalue weighted by Crippen LogP contribution is 2.45. The van der Waals surface area contributed by atoms with E-state index in [2.05, 4.69) is 203 Å². The summed E-state index contributed by atoms with van der Waals surface area (Å²) in [6.45, 7) is 2.39. The Morgan fingerprint density at radius 2 is 0.486 bits per heavy atom. The van der Waals surface area contributed by atoms with Crippen LogP contribution in [0, 0.1) is 0 Å². The molecule has 620 valence electrons. The van der Waals surface area contributed by atoms with Gasteiger partial charge in [0.05, 0.1) is 26.4 Å².